The number of likely N-dealkylation sites (tertiary alicyclic amines) is 1. The second-order valence-electron chi connectivity index (χ2n) is 3.33. The third-order valence-electron chi connectivity index (χ3n) is 2.34. The van der Waals surface area contributed by atoms with Crippen LogP contribution >= 0.6 is 0 Å². The normalized spacial score (nSPS) is 21.6. The summed E-state index contributed by atoms with van der Waals surface area (Å²) >= 11 is 0. The van der Waals surface area contributed by atoms with Gasteiger partial charge in [0, 0.05) is 19.1 Å². The molecule has 4 heteroatoms. The summed E-state index contributed by atoms with van der Waals surface area (Å²) in [5, 5.41) is 8.34. The van der Waals surface area contributed by atoms with Crippen LogP contribution in [0.15, 0.2) is 0 Å². The lowest BCUT2D eigenvalue weighted by Crippen LogP contribution is -2.33. The predicted octanol–water partition coefficient (Wildman–Crippen LogP) is 0.185. The number of carboxylic acids is 1. The first-order chi connectivity index (χ1) is 6.74. The Kier molecular flexibility index (Phi) is 4.44. The third-order valence-corrected chi connectivity index (χ3v) is 2.34. The molecular formula is C10H15NO3. The van der Waals surface area contributed by atoms with Crippen LogP contribution in [0.1, 0.15) is 12.8 Å². The van der Waals surface area contributed by atoms with Crippen molar-refractivity contribution in [2.24, 2.45) is 0 Å². The molecule has 0 bridgehead atoms. The van der Waals surface area contributed by atoms with E-state index in [1.807, 2.05) is 0 Å². The first kappa shape index (κ1) is 11.0. The van der Waals surface area contributed by atoms with Gasteiger partial charge >= 0.3 is 5.97 Å². The molecule has 0 saturated carbocycles. The highest BCUT2D eigenvalue weighted by atomic mass is 16.5. The maximum atomic E-state index is 10.2. The molecule has 1 rings (SSSR count). The van der Waals surface area contributed by atoms with Crippen molar-refractivity contribution in [2.45, 2.75) is 18.9 Å². The number of rotatable bonds is 3. The monoisotopic (exact) mass is 197 g/mol. The Morgan fingerprint density at radius 2 is 2.50 bits per heavy atom. The molecule has 0 spiro atoms. The van der Waals surface area contributed by atoms with E-state index in [0.29, 0.717) is 19.2 Å². The van der Waals surface area contributed by atoms with Crippen LogP contribution in [-0.2, 0) is 9.53 Å². The zero-order valence-electron chi connectivity index (χ0n) is 8.32. The van der Waals surface area contributed by atoms with Crippen LogP contribution in [0.4, 0.5) is 0 Å². The Balaban J connectivity index is 2.36. The third kappa shape index (κ3) is 3.36. The molecule has 0 amide bonds. The van der Waals surface area contributed by atoms with Crippen molar-refractivity contribution in [3.63, 3.8) is 0 Å². The number of carboxylic acid groups (broad SMARTS) is 1. The summed E-state index contributed by atoms with van der Waals surface area (Å²) in [6, 6.07) is 0.406. The minimum absolute atomic E-state index is 0.406. The van der Waals surface area contributed by atoms with Crippen LogP contribution in [0.25, 0.3) is 0 Å². The van der Waals surface area contributed by atoms with Gasteiger partial charge in [0.25, 0.3) is 0 Å². The highest BCUT2D eigenvalue weighted by molar-refractivity contribution is 5.86. The van der Waals surface area contributed by atoms with Crippen molar-refractivity contribution in [3.8, 4) is 11.8 Å². The number of carbonyl (C=O) groups is 1. The molecule has 78 valence electrons. The van der Waals surface area contributed by atoms with Gasteiger partial charge in [-0.15, -0.1) is 0 Å². The molecule has 0 aromatic rings. The topological polar surface area (TPSA) is 49.8 Å². The highest BCUT2D eigenvalue weighted by Gasteiger charge is 2.22. The van der Waals surface area contributed by atoms with Crippen LogP contribution in [0.3, 0.4) is 0 Å². The molecule has 1 N–H and O–H groups in total. The van der Waals surface area contributed by atoms with Gasteiger partial charge in [-0.05, 0) is 19.4 Å². The number of aliphatic carboxylic acids is 1. The van der Waals surface area contributed by atoms with Crippen molar-refractivity contribution >= 4 is 5.97 Å². The fraction of sp³-hybridized carbons (Fsp3) is 0.700. The summed E-state index contributed by atoms with van der Waals surface area (Å²) in [7, 11) is 1.68. The molecule has 0 radical (unpaired) electrons. The molecule has 0 aliphatic carbocycles. The van der Waals surface area contributed by atoms with Crippen molar-refractivity contribution in [1.82, 2.24) is 4.90 Å². The molecule has 1 aliphatic rings. The van der Waals surface area contributed by atoms with Crippen LogP contribution in [0, 0.1) is 11.8 Å². The number of methoxy groups -OCH3 is 1. The van der Waals surface area contributed by atoms with Gasteiger partial charge in [0.15, 0.2) is 0 Å². The fourth-order valence-corrected chi connectivity index (χ4v) is 1.70. The Morgan fingerprint density at radius 1 is 1.71 bits per heavy atom. The molecule has 0 aromatic heterocycles. The molecule has 1 saturated heterocycles. The van der Waals surface area contributed by atoms with Crippen molar-refractivity contribution in [2.75, 3.05) is 26.8 Å². The Morgan fingerprint density at radius 3 is 3.14 bits per heavy atom. The van der Waals surface area contributed by atoms with E-state index in [4.69, 9.17) is 9.84 Å². The molecule has 4 nitrogen and oxygen atoms in total. The van der Waals surface area contributed by atoms with E-state index < -0.39 is 5.97 Å². The van der Waals surface area contributed by atoms with Crippen LogP contribution < -0.4 is 0 Å². The summed E-state index contributed by atoms with van der Waals surface area (Å²) in [4.78, 5) is 12.3. The molecule has 1 unspecified atom stereocenters. The second kappa shape index (κ2) is 5.63. The van der Waals surface area contributed by atoms with E-state index >= 15 is 0 Å². The quantitative estimate of drug-likeness (QED) is 0.656. The largest absolute Gasteiger partial charge is 0.472 e. The van der Waals surface area contributed by atoms with Gasteiger partial charge in [-0.3, -0.25) is 4.90 Å². The zero-order valence-corrected chi connectivity index (χ0v) is 8.32. The molecular weight excluding hydrogens is 182 g/mol. The lowest BCUT2D eigenvalue weighted by Gasteiger charge is -2.20. The SMILES string of the molecule is COCC1CCCN1CC#CC(=O)O. The Hall–Kier alpha value is -1.05. The van der Waals surface area contributed by atoms with E-state index in [0.717, 1.165) is 19.4 Å². The maximum Gasteiger partial charge on any atom is 0.381 e. The maximum absolute atomic E-state index is 10.2. The van der Waals surface area contributed by atoms with E-state index in [1.54, 1.807) is 7.11 Å². The molecule has 1 fully saturated rings. The van der Waals surface area contributed by atoms with Crippen LogP contribution in [-0.4, -0.2) is 48.8 Å². The minimum Gasteiger partial charge on any atom is -0.472 e. The summed E-state index contributed by atoms with van der Waals surface area (Å²) in [6.45, 7) is 2.22. The highest BCUT2D eigenvalue weighted by Crippen LogP contribution is 2.16. The van der Waals surface area contributed by atoms with Gasteiger partial charge in [-0.25, -0.2) is 4.79 Å². The Labute approximate surface area is 83.8 Å². The lowest BCUT2D eigenvalue weighted by atomic mass is 10.2. The van der Waals surface area contributed by atoms with Gasteiger partial charge in [0.05, 0.1) is 13.2 Å². The first-order valence-corrected chi connectivity index (χ1v) is 4.69. The summed E-state index contributed by atoms with van der Waals surface area (Å²) in [5.41, 5.74) is 0. The zero-order chi connectivity index (χ0) is 10.4. The second-order valence-corrected chi connectivity index (χ2v) is 3.33. The first-order valence-electron chi connectivity index (χ1n) is 4.69. The summed E-state index contributed by atoms with van der Waals surface area (Å²) in [6.07, 6.45) is 2.26. The molecule has 1 atom stereocenters. The van der Waals surface area contributed by atoms with Gasteiger partial charge in [0.2, 0.25) is 0 Å². The Bertz CT molecular complexity index is 254. The summed E-state index contributed by atoms with van der Waals surface area (Å²) in [5.74, 6) is 3.69. The molecule has 14 heavy (non-hydrogen) atoms. The van der Waals surface area contributed by atoms with E-state index in [9.17, 15) is 4.79 Å². The standard InChI is InChI=1S/C10H15NO3/c1-14-8-9-4-2-6-11(9)7-3-5-10(12)13/h9H,2,4,6-8H2,1H3,(H,12,13). The van der Waals surface area contributed by atoms with Crippen LogP contribution in [0.5, 0.6) is 0 Å². The van der Waals surface area contributed by atoms with Crippen molar-refractivity contribution < 1.29 is 14.6 Å². The lowest BCUT2D eigenvalue weighted by molar-refractivity contribution is -0.130. The van der Waals surface area contributed by atoms with E-state index in [1.165, 1.54) is 0 Å². The number of ether oxygens (including phenoxy) is 1. The van der Waals surface area contributed by atoms with Crippen molar-refractivity contribution in [3.05, 3.63) is 0 Å². The van der Waals surface area contributed by atoms with E-state index in [2.05, 4.69) is 16.7 Å². The number of nitrogens with zero attached hydrogens (tertiary/aromatic N) is 1. The number of hydrogen-bond acceptors (Lipinski definition) is 3. The fourth-order valence-electron chi connectivity index (χ4n) is 1.70. The molecule has 1 aliphatic heterocycles. The van der Waals surface area contributed by atoms with Gasteiger partial charge in [-0.1, -0.05) is 5.92 Å². The molecule has 1 heterocycles. The van der Waals surface area contributed by atoms with E-state index in [-0.39, 0.29) is 0 Å². The minimum atomic E-state index is -1.06. The smallest absolute Gasteiger partial charge is 0.381 e. The summed E-state index contributed by atoms with van der Waals surface area (Å²) < 4.78 is 5.08. The van der Waals surface area contributed by atoms with Crippen molar-refractivity contribution in [1.29, 1.82) is 0 Å². The van der Waals surface area contributed by atoms with Gasteiger partial charge < -0.3 is 9.84 Å². The molecule has 0 aromatic carbocycles. The van der Waals surface area contributed by atoms with Crippen LogP contribution in [0.2, 0.25) is 0 Å². The average molecular weight is 197 g/mol. The van der Waals surface area contributed by atoms with Gasteiger partial charge in [-0.2, -0.15) is 0 Å². The number of hydrogen-bond donors (Lipinski definition) is 1. The average Bonchev–Trinajstić information content (AvgIpc) is 2.53. The van der Waals surface area contributed by atoms with Gasteiger partial charge in [0.1, 0.15) is 0 Å². The predicted molar refractivity (Wildman–Crippen MR) is 51.9 cm³/mol.